The minimum absolute atomic E-state index is 0.0613. The fraction of sp³-hybridized carbons (Fsp3) is 0.333. The Morgan fingerprint density at radius 3 is 2.80 bits per heavy atom. The molecule has 1 atom stereocenters. The Balaban J connectivity index is 1.56. The van der Waals surface area contributed by atoms with Crippen LogP contribution in [0.15, 0.2) is 42.5 Å². The van der Waals surface area contributed by atoms with Gasteiger partial charge in [-0.3, -0.25) is 4.79 Å². The van der Waals surface area contributed by atoms with Crippen molar-refractivity contribution in [1.82, 2.24) is 5.32 Å². The summed E-state index contributed by atoms with van der Waals surface area (Å²) >= 11 is 0. The minimum Gasteiger partial charge on any atom is -0.484 e. The number of aryl methyl sites for hydroxylation is 2. The summed E-state index contributed by atoms with van der Waals surface area (Å²) in [5.41, 5.74) is 4.49. The standard InChI is InChI=1S/C21H22N2O2/c1-15(18-10-9-17-6-2-3-7-19(17)12-18)23-21(24)14-25-20-8-4-5-16(11-20)13-22/h4-5,8-12,15H,2-3,6-7,14H2,1H3,(H,23,24)/t15-/m1/s1. The van der Waals surface area contributed by atoms with Gasteiger partial charge in [-0.15, -0.1) is 0 Å². The molecule has 1 N–H and O–H groups in total. The number of nitriles is 1. The van der Waals surface area contributed by atoms with E-state index in [1.807, 2.05) is 6.92 Å². The summed E-state index contributed by atoms with van der Waals surface area (Å²) < 4.78 is 5.47. The molecule has 25 heavy (non-hydrogen) atoms. The van der Waals surface area contributed by atoms with Gasteiger partial charge in [-0.1, -0.05) is 24.3 Å². The summed E-state index contributed by atoms with van der Waals surface area (Å²) in [6.45, 7) is 1.92. The number of nitrogens with zero attached hydrogens (tertiary/aromatic N) is 1. The second-order valence-electron chi connectivity index (χ2n) is 6.45. The zero-order valence-corrected chi connectivity index (χ0v) is 14.4. The molecule has 2 aromatic rings. The third-order valence-electron chi connectivity index (χ3n) is 4.58. The van der Waals surface area contributed by atoms with E-state index in [0.717, 1.165) is 18.4 Å². The second kappa shape index (κ2) is 7.85. The zero-order valence-electron chi connectivity index (χ0n) is 14.4. The number of ether oxygens (including phenoxy) is 1. The molecule has 0 radical (unpaired) electrons. The van der Waals surface area contributed by atoms with Crippen LogP contribution in [0.1, 0.15) is 48.1 Å². The lowest BCUT2D eigenvalue weighted by atomic mass is 9.89. The van der Waals surface area contributed by atoms with Gasteiger partial charge in [0.25, 0.3) is 5.91 Å². The summed E-state index contributed by atoms with van der Waals surface area (Å²) in [6.07, 6.45) is 4.80. The van der Waals surface area contributed by atoms with Crippen molar-refractivity contribution in [2.75, 3.05) is 6.61 Å². The van der Waals surface area contributed by atoms with E-state index in [1.165, 1.54) is 24.0 Å². The SMILES string of the molecule is C[C@@H](NC(=O)COc1cccc(C#N)c1)c1ccc2c(c1)CCCC2. The van der Waals surface area contributed by atoms with Gasteiger partial charge < -0.3 is 10.1 Å². The number of nitrogens with one attached hydrogen (secondary N) is 1. The quantitative estimate of drug-likeness (QED) is 0.907. The summed E-state index contributed by atoms with van der Waals surface area (Å²) in [6, 6.07) is 15.3. The maximum absolute atomic E-state index is 12.1. The Morgan fingerprint density at radius 1 is 1.20 bits per heavy atom. The van der Waals surface area contributed by atoms with Gasteiger partial charge in [0.15, 0.2) is 6.61 Å². The van der Waals surface area contributed by atoms with E-state index < -0.39 is 0 Å². The molecule has 0 aromatic heterocycles. The van der Waals surface area contributed by atoms with Gasteiger partial charge in [-0.05, 0) is 67.5 Å². The second-order valence-corrected chi connectivity index (χ2v) is 6.45. The Hall–Kier alpha value is -2.80. The molecule has 128 valence electrons. The fourth-order valence-electron chi connectivity index (χ4n) is 3.19. The van der Waals surface area contributed by atoms with Crippen molar-refractivity contribution in [3.63, 3.8) is 0 Å². The number of benzene rings is 2. The minimum atomic E-state index is -0.174. The van der Waals surface area contributed by atoms with Crippen molar-refractivity contribution in [2.24, 2.45) is 0 Å². The van der Waals surface area contributed by atoms with Gasteiger partial charge in [-0.2, -0.15) is 5.26 Å². The number of carbonyl (C=O) groups is 1. The predicted molar refractivity (Wildman–Crippen MR) is 96.3 cm³/mol. The monoisotopic (exact) mass is 334 g/mol. The largest absolute Gasteiger partial charge is 0.484 e. The van der Waals surface area contributed by atoms with E-state index >= 15 is 0 Å². The molecule has 1 aliphatic carbocycles. The van der Waals surface area contributed by atoms with Gasteiger partial charge >= 0.3 is 0 Å². The lowest BCUT2D eigenvalue weighted by molar-refractivity contribution is -0.123. The van der Waals surface area contributed by atoms with Crippen LogP contribution in [-0.4, -0.2) is 12.5 Å². The molecule has 3 rings (SSSR count). The highest BCUT2D eigenvalue weighted by Crippen LogP contribution is 2.24. The summed E-state index contributed by atoms with van der Waals surface area (Å²) in [5.74, 6) is 0.350. The topological polar surface area (TPSA) is 62.1 Å². The van der Waals surface area contributed by atoms with E-state index in [2.05, 4.69) is 29.6 Å². The van der Waals surface area contributed by atoms with Crippen LogP contribution in [-0.2, 0) is 17.6 Å². The number of fused-ring (bicyclic) bond motifs is 1. The molecule has 1 amide bonds. The Labute approximate surface area is 148 Å². The molecule has 0 spiro atoms. The molecule has 1 aliphatic rings. The van der Waals surface area contributed by atoms with Crippen LogP contribution in [0.2, 0.25) is 0 Å². The molecular weight excluding hydrogens is 312 g/mol. The van der Waals surface area contributed by atoms with Crippen molar-refractivity contribution in [1.29, 1.82) is 5.26 Å². The molecule has 2 aromatic carbocycles. The Kier molecular flexibility index (Phi) is 5.35. The van der Waals surface area contributed by atoms with E-state index in [0.29, 0.717) is 11.3 Å². The summed E-state index contributed by atoms with van der Waals surface area (Å²) in [4.78, 5) is 12.1. The zero-order chi connectivity index (χ0) is 17.6. The van der Waals surface area contributed by atoms with Crippen LogP contribution in [0.3, 0.4) is 0 Å². The Morgan fingerprint density at radius 2 is 2.00 bits per heavy atom. The van der Waals surface area contributed by atoms with Gasteiger partial charge in [0.05, 0.1) is 17.7 Å². The van der Waals surface area contributed by atoms with Gasteiger partial charge in [0.2, 0.25) is 0 Å². The van der Waals surface area contributed by atoms with Gasteiger partial charge in [0, 0.05) is 0 Å². The summed E-state index contributed by atoms with van der Waals surface area (Å²) in [5, 5.41) is 11.9. The van der Waals surface area contributed by atoms with Crippen molar-refractivity contribution in [2.45, 2.75) is 38.6 Å². The smallest absolute Gasteiger partial charge is 0.258 e. The van der Waals surface area contributed by atoms with Crippen LogP contribution >= 0.6 is 0 Å². The predicted octanol–water partition coefficient (Wildman–Crippen LogP) is 3.69. The third kappa shape index (κ3) is 4.39. The first kappa shape index (κ1) is 17.0. The fourth-order valence-corrected chi connectivity index (χ4v) is 3.19. The maximum Gasteiger partial charge on any atom is 0.258 e. The highest BCUT2D eigenvalue weighted by Gasteiger charge is 2.14. The van der Waals surface area contributed by atoms with E-state index in [1.54, 1.807) is 24.3 Å². The molecule has 0 fully saturated rings. The highest BCUT2D eigenvalue weighted by atomic mass is 16.5. The number of carbonyl (C=O) groups excluding carboxylic acids is 1. The first-order valence-electron chi connectivity index (χ1n) is 8.70. The van der Waals surface area contributed by atoms with Crippen LogP contribution in [0.4, 0.5) is 0 Å². The third-order valence-corrected chi connectivity index (χ3v) is 4.58. The van der Waals surface area contributed by atoms with Crippen LogP contribution < -0.4 is 10.1 Å². The molecule has 0 saturated heterocycles. The summed E-state index contributed by atoms with van der Waals surface area (Å²) in [7, 11) is 0. The first-order valence-corrected chi connectivity index (χ1v) is 8.70. The van der Waals surface area contributed by atoms with Crippen LogP contribution in [0.25, 0.3) is 0 Å². The van der Waals surface area contributed by atoms with E-state index in [4.69, 9.17) is 10.00 Å². The lowest BCUT2D eigenvalue weighted by Crippen LogP contribution is -2.31. The molecule has 0 unspecified atom stereocenters. The van der Waals surface area contributed by atoms with Crippen molar-refractivity contribution in [3.05, 3.63) is 64.7 Å². The number of rotatable bonds is 5. The van der Waals surface area contributed by atoms with Gasteiger partial charge in [0.1, 0.15) is 5.75 Å². The molecule has 0 saturated carbocycles. The number of hydrogen-bond acceptors (Lipinski definition) is 3. The van der Waals surface area contributed by atoms with Crippen molar-refractivity contribution < 1.29 is 9.53 Å². The molecule has 0 bridgehead atoms. The molecule has 4 nitrogen and oxygen atoms in total. The molecular formula is C21H22N2O2. The number of amides is 1. The van der Waals surface area contributed by atoms with E-state index in [-0.39, 0.29) is 18.6 Å². The maximum atomic E-state index is 12.1. The average molecular weight is 334 g/mol. The van der Waals surface area contributed by atoms with Crippen molar-refractivity contribution in [3.8, 4) is 11.8 Å². The van der Waals surface area contributed by atoms with Crippen LogP contribution in [0, 0.1) is 11.3 Å². The normalized spacial score (nSPS) is 14.1. The van der Waals surface area contributed by atoms with Crippen molar-refractivity contribution >= 4 is 5.91 Å². The highest BCUT2D eigenvalue weighted by molar-refractivity contribution is 5.78. The van der Waals surface area contributed by atoms with E-state index in [9.17, 15) is 4.79 Å². The van der Waals surface area contributed by atoms with Gasteiger partial charge in [-0.25, -0.2) is 0 Å². The average Bonchev–Trinajstić information content (AvgIpc) is 2.66. The molecule has 4 heteroatoms. The molecule has 0 heterocycles. The first-order chi connectivity index (χ1) is 12.2. The van der Waals surface area contributed by atoms with Crippen LogP contribution in [0.5, 0.6) is 5.75 Å². The number of hydrogen-bond donors (Lipinski definition) is 1. The molecule has 0 aliphatic heterocycles. The Bertz CT molecular complexity index is 808. The lowest BCUT2D eigenvalue weighted by Gasteiger charge is -2.20.